The number of carbonyl (C=O) groups is 2. The van der Waals surface area contributed by atoms with Crippen molar-refractivity contribution in [2.24, 2.45) is 0 Å². The molecule has 1 aliphatic rings. The molecule has 1 aliphatic heterocycles. The van der Waals surface area contributed by atoms with E-state index in [2.05, 4.69) is 15.2 Å². The summed E-state index contributed by atoms with van der Waals surface area (Å²) in [6, 6.07) is 15.5. The Kier molecular flexibility index (Phi) is 7.22. The summed E-state index contributed by atoms with van der Waals surface area (Å²) in [7, 11) is 0. The fraction of sp³-hybridized carbons (Fsp3) is 0.348. The van der Waals surface area contributed by atoms with Crippen LogP contribution in [-0.2, 0) is 21.9 Å². The highest BCUT2D eigenvalue weighted by Gasteiger charge is 2.22. The van der Waals surface area contributed by atoms with E-state index in [0.29, 0.717) is 18.1 Å². The van der Waals surface area contributed by atoms with Crippen molar-refractivity contribution in [2.45, 2.75) is 12.3 Å². The van der Waals surface area contributed by atoms with Crippen LogP contribution in [0, 0.1) is 0 Å². The number of hydrogen-bond donors (Lipinski definition) is 1. The number of halogens is 1. The van der Waals surface area contributed by atoms with Gasteiger partial charge in [0, 0.05) is 36.9 Å². The Bertz CT molecular complexity index is 1090. The summed E-state index contributed by atoms with van der Waals surface area (Å²) in [5.41, 5.74) is 2.90. The number of benzene rings is 2. The van der Waals surface area contributed by atoms with Crippen molar-refractivity contribution in [2.75, 3.05) is 43.9 Å². The Hall–Kier alpha value is -2.71. The van der Waals surface area contributed by atoms with Gasteiger partial charge in [0.15, 0.2) is 0 Å². The number of imidazole rings is 1. The Labute approximate surface area is 196 Å². The van der Waals surface area contributed by atoms with Crippen molar-refractivity contribution in [3.8, 4) is 0 Å². The molecular weight excluding hydrogens is 446 g/mol. The number of carbonyl (C=O) groups excluding carboxylic acids is 2. The van der Waals surface area contributed by atoms with E-state index < -0.39 is 0 Å². The van der Waals surface area contributed by atoms with Gasteiger partial charge < -0.3 is 19.7 Å². The predicted molar refractivity (Wildman–Crippen MR) is 130 cm³/mol. The normalized spacial score (nSPS) is 14.1. The molecule has 32 heavy (non-hydrogen) atoms. The van der Waals surface area contributed by atoms with E-state index in [4.69, 9.17) is 11.6 Å². The Morgan fingerprint density at radius 3 is 2.50 bits per heavy atom. The summed E-state index contributed by atoms with van der Waals surface area (Å²) >= 11 is 7.62. The smallest absolute Gasteiger partial charge is 0.242 e. The number of hydrogen-bond acceptors (Lipinski definition) is 5. The number of fused-ring (bicyclic) bond motifs is 1. The molecule has 2 heterocycles. The number of anilines is 1. The van der Waals surface area contributed by atoms with Crippen LogP contribution in [0.25, 0.3) is 11.0 Å². The van der Waals surface area contributed by atoms with Crippen molar-refractivity contribution in [3.63, 3.8) is 0 Å². The third-order valence-electron chi connectivity index (χ3n) is 5.57. The van der Waals surface area contributed by atoms with E-state index in [-0.39, 0.29) is 24.9 Å². The highest BCUT2D eigenvalue weighted by Crippen LogP contribution is 2.20. The second-order valence-corrected chi connectivity index (χ2v) is 8.96. The van der Waals surface area contributed by atoms with Crippen molar-refractivity contribution >= 4 is 51.9 Å². The number of rotatable bonds is 7. The average molecular weight is 472 g/mol. The van der Waals surface area contributed by atoms with Crippen LogP contribution in [0.15, 0.2) is 48.5 Å². The molecule has 2 amide bonds. The van der Waals surface area contributed by atoms with Gasteiger partial charge in [0.25, 0.3) is 0 Å². The van der Waals surface area contributed by atoms with Crippen molar-refractivity contribution in [3.05, 3.63) is 59.4 Å². The summed E-state index contributed by atoms with van der Waals surface area (Å²) in [5, 5.41) is 3.50. The van der Waals surface area contributed by atoms with Crippen LogP contribution in [0.2, 0.25) is 5.02 Å². The minimum absolute atomic E-state index is 0.00424. The molecule has 4 rings (SSSR count). The molecule has 0 radical (unpaired) electrons. The van der Waals surface area contributed by atoms with Gasteiger partial charge in [-0.25, -0.2) is 4.98 Å². The highest BCUT2D eigenvalue weighted by atomic mass is 35.5. The molecule has 3 aromatic rings. The summed E-state index contributed by atoms with van der Waals surface area (Å²) in [6.07, 6.45) is 2.01. The molecule has 7 nitrogen and oxygen atoms in total. The highest BCUT2D eigenvalue weighted by molar-refractivity contribution is 7.97. The maximum Gasteiger partial charge on any atom is 0.242 e. The molecule has 0 aliphatic carbocycles. The Morgan fingerprint density at radius 2 is 1.78 bits per heavy atom. The molecule has 9 heteroatoms. The van der Waals surface area contributed by atoms with Gasteiger partial charge in [-0.2, -0.15) is 11.8 Å². The minimum Gasteiger partial charge on any atom is -0.368 e. The van der Waals surface area contributed by atoms with Crippen molar-refractivity contribution in [1.29, 1.82) is 0 Å². The average Bonchev–Trinajstić information content (AvgIpc) is 3.15. The summed E-state index contributed by atoms with van der Waals surface area (Å²) < 4.78 is 1.93. The fourth-order valence-electron chi connectivity index (χ4n) is 3.89. The van der Waals surface area contributed by atoms with E-state index in [1.54, 1.807) is 16.7 Å². The SMILES string of the molecule is CSCc1nc2ccccc2n1CC(=O)NCC(=O)N1CCN(c2ccc(Cl)cc2)CC1. The molecule has 1 saturated heterocycles. The zero-order valence-corrected chi connectivity index (χ0v) is 19.5. The maximum absolute atomic E-state index is 12.6. The van der Waals surface area contributed by atoms with Crippen molar-refractivity contribution < 1.29 is 9.59 Å². The van der Waals surface area contributed by atoms with Crippen LogP contribution in [0.3, 0.4) is 0 Å². The quantitative estimate of drug-likeness (QED) is 0.573. The van der Waals surface area contributed by atoms with Crippen LogP contribution in [0.1, 0.15) is 5.82 Å². The molecule has 0 saturated carbocycles. The lowest BCUT2D eigenvalue weighted by Gasteiger charge is -2.36. The van der Waals surface area contributed by atoms with Crippen LogP contribution >= 0.6 is 23.4 Å². The second kappa shape index (κ2) is 10.3. The summed E-state index contributed by atoms with van der Waals surface area (Å²) in [4.78, 5) is 33.9. The molecule has 0 bridgehead atoms. The zero-order chi connectivity index (χ0) is 22.5. The molecule has 0 atom stereocenters. The fourth-order valence-corrected chi connectivity index (χ4v) is 4.50. The van der Waals surface area contributed by atoms with Crippen LogP contribution in [-0.4, -0.2) is 65.2 Å². The predicted octanol–water partition coefficient (Wildman–Crippen LogP) is 3.02. The van der Waals surface area contributed by atoms with Gasteiger partial charge in [-0.1, -0.05) is 23.7 Å². The van der Waals surface area contributed by atoms with Crippen LogP contribution in [0.5, 0.6) is 0 Å². The number of nitrogens with one attached hydrogen (secondary N) is 1. The zero-order valence-electron chi connectivity index (χ0n) is 18.0. The van der Waals surface area contributed by atoms with Gasteiger partial charge in [-0.15, -0.1) is 0 Å². The minimum atomic E-state index is -0.191. The number of nitrogens with zero attached hydrogens (tertiary/aromatic N) is 4. The first-order valence-corrected chi connectivity index (χ1v) is 12.3. The number of aromatic nitrogens is 2. The van der Waals surface area contributed by atoms with Gasteiger partial charge in [-0.3, -0.25) is 9.59 Å². The second-order valence-electron chi connectivity index (χ2n) is 7.66. The molecular formula is C23H26ClN5O2S. The summed E-state index contributed by atoms with van der Waals surface area (Å²) in [5.74, 6) is 1.33. The van der Waals surface area contributed by atoms with Gasteiger partial charge >= 0.3 is 0 Å². The largest absolute Gasteiger partial charge is 0.368 e. The third kappa shape index (κ3) is 5.19. The molecule has 1 aromatic heterocycles. The van der Waals surface area contributed by atoms with Gasteiger partial charge in [0.1, 0.15) is 12.4 Å². The first-order chi connectivity index (χ1) is 15.5. The Morgan fingerprint density at radius 1 is 1.06 bits per heavy atom. The monoisotopic (exact) mass is 471 g/mol. The lowest BCUT2D eigenvalue weighted by molar-refractivity contribution is -0.133. The molecule has 2 aromatic carbocycles. The molecule has 1 fully saturated rings. The molecule has 0 unspecified atom stereocenters. The van der Waals surface area contributed by atoms with E-state index in [1.165, 1.54) is 0 Å². The number of para-hydroxylation sites is 2. The lowest BCUT2D eigenvalue weighted by Crippen LogP contribution is -2.51. The number of thioether (sulfide) groups is 1. The maximum atomic E-state index is 12.6. The van der Waals surface area contributed by atoms with Gasteiger partial charge in [0.2, 0.25) is 11.8 Å². The standard InChI is InChI=1S/C23H26ClN5O2S/c1-32-16-21-26-19-4-2-3-5-20(19)29(21)15-22(30)25-14-23(31)28-12-10-27(11-13-28)18-8-6-17(24)7-9-18/h2-9H,10-16H2,1H3,(H,25,30). The van der Waals surface area contributed by atoms with E-state index in [1.807, 2.05) is 59.4 Å². The van der Waals surface area contributed by atoms with Gasteiger partial charge in [0.05, 0.1) is 23.3 Å². The number of amides is 2. The lowest BCUT2D eigenvalue weighted by atomic mass is 10.2. The first-order valence-electron chi connectivity index (χ1n) is 10.5. The van der Waals surface area contributed by atoms with E-state index in [0.717, 1.165) is 41.4 Å². The number of piperazine rings is 1. The van der Waals surface area contributed by atoms with E-state index >= 15 is 0 Å². The van der Waals surface area contributed by atoms with E-state index in [9.17, 15) is 9.59 Å². The summed E-state index contributed by atoms with van der Waals surface area (Å²) in [6.45, 7) is 2.90. The molecule has 168 valence electrons. The van der Waals surface area contributed by atoms with Crippen LogP contribution in [0.4, 0.5) is 5.69 Å². The van der Waals surface area contributed by atoms with Crippen LogP contribution < -0.4 is 10.2 Å². The Balaban J connectivity index is 1.29. The first kappa shape index (κ1) is 22.5. The third-order valence-corrected chi connectivity index (χ3v) is 6.37. The van der Waals surface area contributed by atoms with Crippen molar-refractivity contribution in [1.82, 2.24) is 19.8 Å². The molecule has 0 spiro atoms. The molecule has 1 N–H and O–H groups in total. The van der Waals surface area contributed by atoms with Gasteiger partial charge in [-0.05, 0) is 42.7 Å². The topological polar surface area (TPSA) is 70.5 Å².